The lowest BCUT2D eigenvalue weighted by molar-refractivity contribution is -0.149. The summed E-state index contributed by atoms with van der Waals surface area (Å²) in [7, 11) is 0. The van der Waals surface area contributed by atoms with Crippen molar-refractivity contribution in [2.75, 3.05) is 19.8 Å². The standard InChI is InChI=1S/C18H33NO2/c1-2-10-19-17(13-16-6-3-4-11-20-16)15-7-12-21-18(14-15)8-5-9-18/h15-17,19H,2-14H2,1H3. The minimum absolute atomic E-state index is 0.266. The van der Waals surface area contributed by atoms with E-state index in [2.05, 4.69) is 12.2 Å². The minimum Gasteiger partial charge on any atom is -0.378 e. The monoisotopic (exact) mass is 295 g/mol. The van der Waals surface area contributed by atoms with E-state index in [0.29, 0.717) is 12.1 Å². The maximum Gasteiger partial charge on any atom is 0.0685 e. The molecule has 1 saturated carbocycles. The van der Waals surface area contributed by atoms with E-state index in [9.17, 15) is 0 Å². The summed E-state index contributed by atoms with van der Waals surface area (Å²) in [6, 6.07) is 0.634. The number of nitrogens with one attached hydrogen (secondary N) is 1. The molecule has 1 spiro atoms. The van der Waals surface area contributed by atoms with Gasteiger partial charge in [-0.2, -0.15) is 0 Å². The van der Waals surface area contributed by atoms with Crippen LogP contribution in [0.25, 0.3) is 0 Å². The summed E-state index contributed by atoms with van der Waals surface area (Å²) in [5.41, 5.74) is 0.266. The number of rotatable bonds is 6. The molecule has 3 nitrogen and oxygen atoms in total. The van der Waals surface area contributed by atoms with Gasteiger partial charge in [-0.05, 0) is 76.7 Å². The minimum atomic E-state index is 0.266. The zero-order chi connectivity index (χ0) is 14.5. The van der Waals surface area contributed by atoms with Gasteiger partial charge in [-0.1, -0.05) is 6.92 Å². The lowest BCUT2D eigenvalue weighted by Gasteiger charge is -2.49. The Morgan fingerprint density at radius 2 is 2.05 bits per heavy atom. The van der Waals surface area contributed by atoms with Gasteiger partial charge < -0.3 is 14.8 Å². The van der Waals surface area contributed by atoms with Crippen LogP contribution < -0.4 is 5.32 Å². The molecule has 2 heterocycles. The van der Waals surface area contributed by atoms with E-state index in [0.717, 1.165) is 25.7 Å². The van der Waals surface area contributed by atoms with Crippen LogP contribution in [0.1, 0.15) is 71.1 Å². The van der Waals surface area contributed by atoms with Gasteiger partial charge in [0.2, 0.25) is 0 Å². The van der Waals surface area contributed by atoms with E-state index in [1.54, 1.807) is 0 Å². The number of hydrogen-bond acceptors (Lipinski definition) is 3. The zero-order valence-electron chi connectivity index (χ0n) is 13.7. The molecule has 1 N–H and O–H groups in total. The fraction of sp³-hybridized carbons (Fsp3) is 1.00. The van der Waals surface area contributed by atoms with Gasteiger partial charge in [-0.15, -0.1) is 0 Å². The van der Waals surface area contributed by atoms with E-state index < -0.39 is 0 Å². The van der Waals surface area contributed by atoms with Crippen molar-refractivity contribution in [3.63, 3.8) is 0 Å². The third-order valence-electron chi connectivity index (χ3n) is 5.81. The largest absolute Gasteiger partial charge is 0.378 e. The molecule has 0 aromatic carbocycles. The Kier molecular flexibility index (Phi) is 5.58. The third kappa shape index (κ3) is 4.00. The average molecular weight is 295 g/mol. The highest BCUT2D eigenvalue weighted by Gasteiger charge is 2.44. The molecule has 0 radical (unpaired) electrons. The van der Waals surface area contributed by atoms with Crippen molar-refractivity contribution in [2.24, 2.45) is 5.92 Å². The van der Waals surface area contributed by atoms with Crippen molar-refractivity contribution in [2.45, 2.75) is 88.9 Å². The van der Waals surface area contributed by atoms with Gasteiger partial charge in [0.25, 0.3) is 0 Å². The highest BCUT2D eigenvalue weighted by atomic mass is 16.5. The summed E-state index contributed by atoms with van der Waals surface area (Å²) >= 11 is 0. The Balaban J connectivity index is 1.57. The second-order valence-electron chi connectivity index (χ2n) is 7.42. The summed E-state index contributed by atoms with van der Waals surface area (Å²) in [5.74, 6) is 0.788. The summed E-state index contributed by atoms with van der Waals surface area (Å²) in [6.07, 6.45) is 13.3. The van der Waals surface area contributed by atoms with E-state index in [4.69, 9.17) is 9.47 Å². The predicted molar refractivity (Wildman–Crippen MR) is 85.5 cm³/mol. The van der Waals surface area contributed by atoms with Crippen LogP contribution in [0.2, 0.25) is 0 Å². The second-order valence-corrected chi connectivity index (χ2v) is 7.42. The van der Waals surface area contributed by atoms with Gasteiger partial charge in [0.15, 0.2) is 0 Å². The molecule has 0 aromatic rings. The number of ether oxygens (including phenoxy) is 2. The Hall–Kier alpha value is -0.120. The summed E-state index contributed by atoms with van der Waals surface area (Å²) in [6.45, 7) is 5.35. The quantitative estimate of drug-likeness (QED) is 0.811. The first-order valence-electron chi connectivity index (χ1n) is 9.30. The summed E-state index contributed by atoms with van der Waals surface area (Å²) in [4.78, 5) is 0. The fourth-order valence-electron chi connectivity index (χ4n) is 4.38. The zero-order valence-corrected chi connectivity index (χ0v) is 13.7. The molecule has 2 saturated heterocycles. The summed E-state index contributed by atoms with van der Waals surface area (Å²) in [5, 5.41) is 3.84. The lowest BCUT2D eigenvalue weighted by atomic mass is 9.70. The first-order chi connectivity index (χ1) is 10.3. The Bertz CT molecular complexity index is 310. The molecule has 3 atom stereocenters. The Labute approximate surface area is 130 Å². The predicted octanol–water partition coefficient (Wildman–Crippen LogP) is 3.66. The molecule has 2 aliphatic heterocycles. The van der Waals surface area contributed by atoms with Gasteiger partial charge in [-0.25, -0.2) is 0 Å². The van der Waals surface area contributed by atoms with Crippen molar-refractivity contribution in [1.29, 1.82) is 0 Å². The van der Waals surface area contributed by atoms with Crippen molar-refractivity contribution in [3.8, 4) is 0 Å². The van der Waals surface area contributed by atoms with E-state index in [1.807, 2.05) is 0 Å². The molecule has 3 rings (SSSR count). The van der Waals surface area contributed by atoms with Crippen LogP contribution in [0.4, 0.5) is 0 Å². The lowest BCUT2D eigenvalue weighted by Crippen LogP contribution is -2.51. The van der Waals surface area contributed by atoms with Crippen LogP contribution in [-0.2, 0) is 9.47 Å². The highest BCUT2D eigenvalue weighted by molar-refractivity contribution is 4.97. The molecule has 3 heteroatoms. The van der Waals surface area contributed by atoms with Crippen LogP contribution in [-0.4, -0.2) is 37.5 Å². The van der Waals surface area contributed by atoms with Crippen molar-refractivity contribution < 1.29 is 9.47 Å². The molecular formula is C18H33NO2. The van der Waals surface area contributed by atoms with E-state index in [1.165, 1.54) is 64.2 Å². The smallest absolute Gasteiger partial charge is 0.0685 e. The van der Waals surface area contributed by atoms with Crippen molar-refractivity contribution in [1.82, 2.24) is 5.32 Å². The second kappa shape index (κ2) is 7.43. The van der Waals surface area contributed by atoms with Crippen LogP contribution in [0.15, 0.2) is 0 Å². The van der Waals surface area contributed by atoms with E-state index >= 15 is 0 Å². The van der Waals surface area contributed by atoms with Crippen molar-refractivity contribution >= 4 is 0 Å². The molecule has 3 unspecified atom stereocenters. The molecule has 3 fully saturated rings. The maximum atomic E-state index is 6.12. The van der Waals surface area contributed by atoms with E-state index in [-0.39, 0.29) is 5.60 Å². The Morgan fingerprint density at radius 3 is 2.71 bits per heavy atom. The van der Waals surface area contributed by atoms with Crippen LogP contribution >= 0.6 is 0 Å². The molecular weight excluding hydrogens is 262 g/mol. The average Bonchev–Trinajstić information content (AvgIpc) is 2.51. The van der Waals surface area contributed by atoms with Gasteiger partial charge >= 0.3 is 0 Å². The summed E-state index contributed by atoms with van der Waals surface area (Å²) < 4.78 is 12.1. The molecule has 122 valence electrons. The third-order valence-corrected chi connectivity index (χ3v) is 5.81. The van der Waals surface area contributed by atoms with Gasteiger partial charge in [0.05, 0.1) is 11.7 Å². The van der Waals surface area contributed by atoms with Crippen LogP contribution in [0.3, 0.4) is 0 Å². The maximum absolute atomic E-state index is 6.12. The molecule has 21 heavy (non-hydrogen) atoms. The van der Waals surface area contributed by atoms with Gasteiger partial charge in [0.1, 0.15) is 0 Å². The molecule has 0 aromatic heterocycles. The van der Waals surface area contributed by atoms with Crippen LogP contribution in [0, 0.1) is 5.92 Å². The first kappa shape index (κ1) is 15.8. The molecule has 0 bridgehead atoms. The van der Waals surface area contributed by atoms with Gasteiger partial charge in [-0.3, -0.25) is 0 Å². The first-order valence-corrected chi connectivity index (χ1v) is 9.30. The van der Waals surface area contributed by atoms with Crippen LogP contribution in [0.5, 0.6) is 0 Å². The molecule has 1 aliphatic carbocycles. The van der Waals surface area contributed by atoms with Gasteiger partial charge in [0, 0.05) is 19.3 Å². The SMILES string of the molecule is CCCNC(CC1CCCCO1)C1CCOC2(CCC2)C1. The highest BCUT2D eigenvalue weighted by Crippen LogP contribution is 2.45. The fourth-order valence-corrected chi connectivity index (χ4v) is 4.38. The number of hydrogen-bond donors (Lipinski definition) is 1. The Morgan fingerprint density at radius 1 is 1.14 bits per heavy atom. The topological polar surface area (TPSA) is 30.5 Å². The molecule has 0 amide bonds. The van der Waals surface area contributed by atoms with Crippen molar-refractivity contribution in [3.05, 3.63) is 0 Å². The normalized spacial score (nSPS) is 33.6. The molecule has 3 aliphatic rings.